The molecule has 0 aliphatic heterocycles. The molecule has 1 N–H and O–H groups in total. The number of carboxylic acids is 1. The summed E-state index contributed by atoms with van der Waals surface area (Å²) < 4.78 is 13.7. The van der Waals surface area contributed by atoms with Crippen LogP contribution in [0.15, 0.2) is 36.4 Å². The second-order valence-electron chi connectivity index (χ2n) is 3.97. The molecule has 0 saturated heterocycles. The molecule has 2 nitrogen and oxygen atoms in total. The first kappa shape index (κ1) is 12.6. The summed E-state index contributed by atoms with van der Waals surface area (Å²) in [6.07, 6.45) is 0. The number of aryl methyl sites for hydroxylation is 1. The normalized spacial score (nSPS) is 10.4. The topological polar surface area (TPSA) is 37.3 Å². The maximum absolute atomic E-state index is 13.7. The molecule has 0 radical (unpaired) electrons. The van der Waals surface area contributed by atoms with Crippen molar-refractivity contribution in [1.82, 2.24) is 0 Å². The van der Waals surface area contributed by atoms with Crippen LogP contribution in [0.4, 0.5) is 4.39 Å². The van der Waals surface area contributed by atoms with E-state index in [1.54, 1.807) is 37.3 Å². The maximum Gasteiger partial charge on any atom is 0.338 e. The highest BCUT2D eigenvalue weighted by Gasteiger charge is 2.15. The van der Waals surface area contributed by atoms with Gasteiger partial charge in [-0.05, 0) is 41.8 Å². The summed E-state index contributed by atoms with van der Waals surface area (Å²) in [4.78, 5) is 10.9. The minimum atomic E-state index is -1.26. The molecule has 0 aliphatic rings. The highest BCUT2D eigenvalue weighted by Crippen LogP contribution is 2.26. The molecule has 0 saturated carbocycles. The van der Waals surface area contributed by atoms with E-state index < -0.39 is 11.8 Å². The SMILES string of the molecule is Cc1cc(-c2cccc(Cl)c2)cc(F)c1C(=O)O. The van der Waals surface area contributed by atoms with Gasteiger partial charge in [0.05, 0.1) is 5.56 Å². The lowest BCUT2D eigenvalue weighted by Gasteiger charge is -2.07. The molecular formula is C14H10ClFO2. The number of hydrogen-bond acceptors (Lipinski definition) is 1. The van der Waals surface area contributed by atoms with Crippen LogP contribution in [0.3, 0.4) is 0 Å². The Morgan fingerprint density at radius 2 is 1.94 bits per heavy atom. The number of rotatable bonds is 2. The molecular weight excluding hydrogens is 255 g/mol. The highest BCUT2D eigenvalue weighted by molar-refractivity contribution is 6.30. The fraction of sp³-hybridized carbons (Fsp3) is 0.0714. The Bertz CT molecular complexity index is 600. The van der Waals surface area contributed by atoms with Gasteiger partial charge in [0, 0.05) is 5.02 Å². The van der Waals surface area contributed by atoms with Crippen LogP contribution in [-0.4, -0.2) is 11.1 Å². The number of halogens is 2. The van der Waals surface area contributed by atoms with Crippen molar-refractivity contribution < 1.29 is 14.3 Å². The number of benzene rings is 2. The van der Waals surface area contributed by atoms with Crippen molar-refractivity contribution in [3.63, 3.8) is 0 Å². The number of hydrogen-bond donors (Lipinski definition) is 1. The van der Waals surface area contributed by atoms with Gasteiger partial charge in [0.25, 0.3) is 0 Å². The van der Waals surface area contributed by atoms with E-state index in [0.29, 0.717) is 16.1 Å². The standard InChI is InChI=1S/C14H10ClFO2/c1-8-5-10(7-12(16)13(8)14(17)18)9-3-2-4-11(15)6-9/h2-7H,1H3,(H,17,18). The first-order chi connectivity index (χ1) is 8.49. The van der Waals surface area contributed by atoms with E-state index in [2.05, 4.69) is 0 Å². The van der Waals surface area contributed by atoms with E-state index in [9.17, 15) is 9.18 Å². The fourth-order valence-electron chi connectivity index (χ4n) is 1.85. The Hall–Kier alpha value is -1.87. The van der Waals surface area contributed by atoms with Gasteiger partial charge in [-0.15, -0.1) is 0 Å². The summed E-state index contributed by atoms with van der Waals surface area (Å²) in [5.41, 5.74) is 1.46. The van der Waals surface area contributed by atoms with Gasteiger partial charge in [-0.2, -0.15) is 0 Å². The summed E-state index contributed by atoms with van der Waals surface area (Å²) in [6.45, 7) is 1.57. The Morgan fingerprint density at radius 1 is 1.22 bits per heavy atom. The summed E-state index contributed by atoms with van der Waals surface area (Å²) in [6, 6.07) is 9.83. The molecule has 0 fully saturated rings. The first-order valence-electron chi connectivity index (χ1n) is 5.28. The third-order valence-electron chi connectivity index (χ3n) is 2.66. The quantitative estimate of drug-likeness (QED) is 0.885. The molecule has 0 aromatic heterocycles. The van der Waals surface area contributed by atoms with Gasteiger partial charge in [-0.1, -0.05) is 29.8 Å². The van der Waals surface area contributed by atoms with Crippen LogP contribution in [0, 0.1) is 12.7 Å². The lowest BCUT2D eigenvalue weighted by molar-refractivity contribution is 0.0691. The fourth-order valence-corrected chi connectivity index (χ4v) is 2.04. The third-order valence-corrected chi connectivity index (χ3v) is 2.89. The van der Waals surface area contributed by atoms with Gasteiger partial charge >= 0.3 is 5.97 Å². The van der Waals surface area contributed by atoms with Gasteiger partial charge < -0.3 is 5.11 Å². The minimum absolute atomic E-state index is 0.291. The molecule has 0 spiro atoms. The van der Waals surface area contributed by atoms with E-state index in [4.69, 9.17) is 16.7 Å². The molecule has 0 heterocycles. The van der Waals surface area contributed by atoms with Crippen molar-refractivity contribution in [2.45, 2.75) is 6.92 Å². The number of carboxylic acid groups (broad SMARTS) is 1. The van der Waals surface area contributed by atoms with Crippen molar-refractivity contribution in [1.29, 1.82) is 0 Å². The van der Waals surface area contributed by atoms with Crippen LogP contribution in [-0.2, 0) is 0 Å². The lowest BCUT2D eigenvalue weighted by Crippen LogP contribution is -2.04. The molecule has 0 unspecified atom stereocenters. The Kier molecular flexibility index (Phi) is 3.34. The molecule has 0 aliphatic carbocycles. The zero-order valence-corrected chi connectivity index (χ0v) is 10.3. The molecule has 0 amide bonds. The van der Waals surface area contributed by atoms with Crippen LogP contribution < -0.4 is 0 Å². The first-order valence-corrected chi connectivity index (χ1v) is 5.66. The second kappa shape index (κ2) is 4.78. The summed E-state index contributed by atoms with van der Waals surface area (Å²) in [7, 11) is 0. The minimum Gasteiger partial charge on any atom is -0.478 e. The van der Waals surface area contributed by atoms with Crippen molar-refractivity contribution >= 4 is 17.6 Å². The van der Waals surface area contributed by atoms with Crippen LogP contribution in [0.1, 0.15) is 15.9 Å². The van der Waals surface area contributed by atoms with Gasteiger partial charge in [-0.25, -0.2) is 9.18 Å². The van der Waals surface area contributed by atoms with E-state index in [1.807, 2.05) is 0 Å². The van der Waals surface area contributed by atoms with Crippen LogP contribution in [0.5, 0.6) is 0 Å². The number of aromatic carboxylic acids is 1. The molecule has 2 aromatic carbocycles. The smallest absolute Gasteiger partial charge is 0.338 e. The van der Waals surface area contributed by atoms with E-state index in [-0.39, 0.29) is 5.56 Å². The van der Waals surface area contributed by atoms with Crippen LogP contribution in [0.25, 0.3) is 11.1 Å². The van der Waals surface area contributed by atoms with Crippen molar-refractivity contribution in [2.24, 2.45) is 0 Å². The summed E-state index contributed by atoms with van der Waals surface area (Å²) in [5, 5.41) is 9.44. The molecule has 0 bridgehead atoms. The van der Waals surface area contributed by atoms with E-state index in [1.165, 1.54) is 6.07 Å². The molecule has 92 valence electrons. The summed E-state index contributed by atoms with van der Waals surface area (Å²) >= 11 is 5.87. The predicted octanol–water partition coefficient (Wildman–Crippen LogP) is 4.15. The molecule has 0 atom stereocenters. The number of carbonyl (C=O) groups is 1. The highest BCUT2D eigenvalue weighted by atomic mass is 35.5. The van der Waals surface area contributed by atoms with Gasteiger partial charge in [0.1, 0.15) is 5.82 Å². The molecule has 18 heavy (non-hydrogen) atoms. The van der Waals surface area contributed by atoms with E-state index >= 15 is 0 Å². The van der Waals surface area contributed by atoms with Crippen molar-refractivity contribution in [3.8, 4) is 11.1 Å². The van der Waals surface area contributed by atoms with E-state index in [0.717, 1.165) is 5.56 Å². The average molecular weight is 265 g/mol. The monoisotopic (exact) mass is 264 g/mol. The zero-order valence-electron chi connectivity index (χ0n) is 9.58. The summed E-state index contributed by atoms with van der Waals surface area (Å²) in [5.74, 6) is -2.00. The second-order valence-corrected chi connectivity index (χ2v) is 4.40. The molecule has 4 heteroatoms. The zero-order chi connectivity index (χ0) is 13.3. The van der Waals surface area contributed by atoms with Crippen LogP contribution in [0.2, 0.25) is 5.02 Å². The molecule has 2 rings (SSSR count). The van der Waals surface area contributed by atoms with Crippen molar-refractivity contribution in [3.05, 3.63) is 58.4 Å². The average Bonchev–Trinajstić information content (AvgIpc) is 2.27. The van der Waals surface area contributed by atoms with Crippen molar-refractivity contribution in [2.75, 3.05) is 0 Å². The largest absolute Gasteiger partial charge is 0.478 e. The molecule has 2 aromatic rings. The van der Waals surface area contributed by atoms with Gasteiger partial charge in [0.2, 0.25) is 0 Å². The Morgan fingerprint density at radius 3 is 2.50 bits per heavy atom. The van der Waals surface area contributed by atoms with Crippen LogP contribution >= 0.6 is 11.6 Å². The van der Waals surface area contributed by atoms with Gasteiger partial charge in [0.15, 0.2) is 0 Å². The Labute approximate surface area is 109 Å². The predicted molar refractivity (Wildman–Crippen MR) is 68.5 cm³/mol. The Balaban J connectivity index is 2.58. The lowest BCUT2D eigenvalue weighted by atomic mass is 9.99. The maximum atomic E-state index is 13.7. The third kappa shape index (κ3) is 2.36. The van der Waals surface area contributed by atoms with Gasteiger partial charge in [-0.3, -0.25) is 0 Å².